The maximum atomic E-state index is 13.3. The molecule has 3 rings (SSSR count). The first-order valence-electron chi connectivity index (χ1n) is 8.78. The van der Waals surface area contributed by atoms with Crippen molar-refractivity contribution in [3.05, 3.63) is 95.1 Å². The summed E-state index contributed by atoms with van der Waals surface area (Å²) in [6.45, 7) is 5.93. The summed E-state index contributed by atoms with van der Waals surface area (Å²) in [6.07, 6.45) is 0. The van der Waals surface area contributed by atoms with Gasteiger partial charge in [-0.3, -0.25) is 4.79 Å². The molecule has 26 heavy (non-hydrogen) atoms. The number of rotatable bonds is 5. The highest BCUT2D eigenvalue weighted by Gasteiger charge is 2.35. The van der Waals surface area contributed by atoms with Gasteiger partial charge in [0.15, 0.2) is 11.4 Å². The van der Waals surface area contributed by atoms with E-state index in [1.54, 1.807) is 7.11 Å². The third-order valence-corrected chi connectivity index (χ3v) is 4.95. The molecule has 0 bridgehead atoms. The van der Waals surface area contributed by atoms with E-state index in [-0.39, 0.29) is 5.78 Å². The van der Waals surface area contributed by atoms with Gasteiger partial charge in [0.1, 0.15) is 0 Å². The van der Waals surface area contributed by atoms with Crippen LogP contribution in [0.25, 0.3) is 11.1 Å². The molecule has 0 N–H and O–H groups in total. The number of ketones is 1. The fraction of sp³-hybridized carbons (Fsp3) is 0.208. The van der Waals surface area contributed by atoms with Gasteiger partial charge in [-0.25, -0.2) is 0 Å². The van der Waals surface area contributed by atoms with Crippen molar-refractivity contribution < 1.29 is 9.53 Å². The minimum absolute atomic E-state index is 0.0437. The van der Waals surface area contributed by atoms with Gasteiger partial charge in [-0.2, -0.15) is 0 Å². The zero-order valence-corrected chi connectivity index (χ0v) is 15.7. The van der Waals surface area contributed by atoms with E-state index in [1.165, 1.54) is 5.56 Å². The first-order valence-corrected chi connectivity index (χ1v) is 8.78. The van der Waals surface area contributed by atoms with E-state index >= 15 is 0 Å². The van der Waals surface area contributed by atoms with Crippen molar-refractivity contribution in [3.8, 4) is 11.1 Å². The van der Waals surface area contributed by atoms with E-state index in [0.717, 1.165) is 22.3 Å². The summed E-state index contributed by atoms with van der Waals surface area (Å²) in [5, 5.41) is 0. The number of benzene rings is 3. The maximum absolute atomic E-state index is 13.3. The van der Waals surface area contributed by atoms with Gasteiger partial charge in [0.05, 0.1) is 0 Å². The molecule has 0 aliphatic rings. The van der Waals surface area contributed by atoms with Gasteiger partial charge < -0.3 is 4.74 Å². The zero-order chi connectivity index (χ0) is 18.7. The second-order valence-electron chi connectivity index (χ2n) is 6.88. The molecule has 3 aromatic rings. The average molecular weight is 344 g/mol. The fourth-order valence-electron chi connectivity index (χ4n) is 3.07. The molecule has 2 nitrogen and oxygen atoms in total. The molecule has 0 saturated carbocycles. The third kappa shape index (κ3) is 3.47. The number of hydrogen-bond donors (Lipinski definition) is 0. The van der Waals surface area contributed by atoms with E-state index in [0.29, 0.717) is 5.56 Å². The van der Waals surface area contributed by atoms with Crippen LogP contribution in [0.2, 0.25) is 0 Å². The van der Waals surface area contributed by atoms with Crippen LogP contribution < -0.4 is 0 Å². The minimum Gasteiger partial charge on any atom is -0.366 e. The lowest BCUT2D eigenvalue weighted by molar-refractivity contribution is 0.0101. The third-order valence-electron chi connectivity index (χ3n) is 4.95. The number of carbonyl (C=O) groups is 1. The molecule has 0 aliphatic carbocycles. The second kappa shape index (κ2) is 7.27. The number of carbonyl (C=O) groups excluding carboxylic acids is 1. The molecule has 1 unspecified atom stereocenters. The Labute approximate surface area is 155 Å². The second-order valence-corrected chi connectivity index (χ2v) is 6.88. The molecule has 132 valence electrons. The summed E-state index contributed by atoms with van der Waals surface area (Å²) in [5.74, 6) is -0.0437. The highest BCUT2D eigenvalue weighted by Crippen LogP contribution is 2.31. The number of Topliss-reactive ketones (excluding diaryl/α,β-unsaturated/α-hetero) is 1. The molecule has 0 aromatic heterocycles. The van der Waals surface area contributed by atoms with Crippen LogP contribution in [0.3, 0.4) is 0 Å². The van der Waals surface area contributed by atoms with E-state index in [4.69, 9.17) is 4.74 Å². The van der Waals surface area contributed by atoms with E-state index in [2.05, 4.69) is 31.2 Å². The van der Waals surface area contributed by atoms with Gasteiger partial charge in [0.25, 0.3) is 0 Å². The van der Waals surface area contributed by atoms with Crippen molar-refractivity contribution in [2.24, 2.45) is 0 Å². The molecule has 3 aromatic carbocycles. The normalized spacial score (nSPS) is 13.2. The lowest BCUT2D eigenvalue weighted by Crippen LogP contribution is -2.34. The predicted molar refractivity (Wildman–Crippen MR) is 106 cm³/mol. The van der Waals surface area contributed by atoms with Crippen LogP contribution in [0.5, 0.6) is 0 Å². The SMILES string of the molecule is COC(C)(C(=O)c1cccc(-c2ccc(C)cc2)c1)c1ccc(C)cc1. The lowest BCUT2D eigenvalue weighted by atomic mass is 9.86. The highest BCUT2D eigenvalue weighted by atomic mass is 16.5. The highest BCUT2D eigenvalue weighted by molar-refractivity contribution is 6.03. The van der Waals surface area contributed by atoms with Crippen molar-refractivity contribution in [1.29, 1.82) is 0 Å². The molecule has 0 aliphatic heterocycles. The molecular weight excluding hydrogens is 320 g/mol. The van der Waals surface area contributed by atoms with Crippen molar-refractivity contribution in [3.63, 3.8) is 0 Å². The molecular formula is C24H24O2. The Morgan fingerprint density at radius 2 is 1.38 bits per heavy atom. The van der Waals surface area contributed by atoms with Crippen LogP contribution in [-0.4, -0.2) is 12.9 Å². The predicted octanol–water partition coefficient (Wildman–Crippen LogP) is 5.71. The van der Waals surface area contributed by atoms with E-state index < -0.39 is 5.60 Å². The maximum Gasteiger partial charge on any atom is 0.198 e. The zero-order valence-electron chi connectivity index (χ0n) is 15.7. The standard InChI is InChI=1S/C24H24O2/c1-17-8-12-19(13-9-17)20-6-5-7-21(16-20)23(25)24(3,26-4)22-14-10-18(2)11-15-22/h5-16H,1-4H3. The molecule has 0 saturated heterocycles. The summed E-state index contributed by atoms with van der Waals surface area (Å²) >= 11 is 0. The summed E-state index contributed by atoms with van der Waals surface area (Å²) < 4.78 is 5.69. The fourth-order valence-corrected chi connectivity index (χ4v) is 3.07. The number of hydrogen-bond acceptors (Lipinski definition) is 2. The van der Waals surface area contributed by atoms with Crippen LogP contribution in [0.15, 0.2) is 72.8 Å². The van der Waals surface area contributed by atoms with Crippen LogP contribution >= 0.6 is 0 Å². The van der Waals surface area contributed by atoms with Gasteiger partial charge in [-0.1, -0.05) is 77.9 Å². The van der Waals surface area contributed by atoms with Gasteiger partial charge >= 0.3 is 0 Å². The minimum atomic E-state index is -1.01. The van der Waals surface area contributed by atoms with Crippen molar-refractivity contribution >= 4 is 5.78 Å². The topological polar surface area (TPSA) is 26.3 Å². The summed E-state index contributed by atoms with van der Waals surface area (Å²) in [4.78, 5) is 13.3. The molecule has 0 fully saturated rings. The Morgan fingerprint density at radius 3 is 1.96 bits per heavy atom. The lowest BCUT2D eigenvalue weighted by Gasteiger charge is -2.27. The summed E-state index contributed by atoms with van der Waals surface area (Å²) in [5.41, 5.74) is 4.98. The Morgan fingerprint density at radius 1 is 0.808 bits per heavy atom. The van der Waals surface area contributed by atoms with E-state index in [9.17, 15) is 4.79 Å². The first-order chi connectivity index (χ1) is 12.4. The summed E-state index contributed by atoms with van der Waals surface area (Å²) in [6, 6.07) is 24.0. The molecule has 0 radical (unpaired) electrons. The number of methoxy groups -OCH3 is 1. The Hall–Kier alpha value is -2.71. The smallest absolute Gasteiger partial charge is 0.198 e. The van der Waals surface area contributed by atoms with Gasteiger partial charge in [0.2, 0.25) is 0 Å². The number of aryl methyl sites for hydroxylation is 2. The summed E-state index contributed by atoms with van der Waals surface area (Å²) in [7, 11) is 1.58. The molecule has 1 atom stereocenters. The van der Waals surface area contributed by atoms with Crippen LogP contribution in [0.4, 0.5) is 0 Å². The molecule has 0 heterocycles. The molecule has 2 heteroatoms. The quantitative estimate of drug-likeness (QED) is 0.554. The van der Waals surface area contributed by atoms with Gasteiger partial charge in [-0.05, 0) is 43.5 Å². The van der Waals surface area contributed by atoms with Crippen LogP contribution in [0.1, 0.15) is 34.0 Å². The van der Waals surface area contributed by atoms with Crippen molar-refractivity contribution in [2.45, 2.75) is 26.4 Å². The van der Waals surface area contributed by atoms with Crippen LogP contribution in [-0.2, 0) is 10.3 Å². The van der Waals surface area contributed by atoms with E-state index in [1.807, 2.05) is 62.4 Å². The van der Waals surface area contributed by atoms with Crippen molar-refractivity contribution in [2.75, 3.05) is 7.11 Å². The van der Waals surface area contributed by atoms with Crippen LogP contribution in [0, 0.1) is 13.8 Å². The first kappa shape index (κ1) is 18.1. The largest absolute Gasteiger partial charge is 0.366 e. The molecule has 0 spiro atoms. The molecule has 0 amide bonds. The number of ether oxygens (including phenoxy) is 1. The Balaban J connectivity index is 1.99. The Bertz CT molecular complexity index is 908. The average Bonchev–Trinajstić information content (AvgIpc) is 2.68. The van der Waals surface area contributed by atoms with Gasteiger partial charge in [-0.15, -0.1) is 0 Å². The Kier molecular flexibility index (Phi) is 5.06. The monoisotopic (exact) mass is 344 g/mol. The van der Waals surface area contributed by atoms with Crippen molar-refractivity contribution in [1.82, 2.24) is 0 Å². The van der Waals surface area contributed by atoms with Gasteiger partial charge in [0, 0.05) is 12.7 Å².